The van der Waals surface area contributed by atoms with Gasteiger partial charge >= 0.3 is 0 Å². The maximum absolute atomic E-state index is 11.6. The van der Waals surface area contributed by atoms with Crippen molar-refractivity contribution in [1.29, 1.82) is 0 Å². The standard InChI is InChI=1S/C11H11N3O2/c1-16-9-4-2-8(3-5-9)14-11(15)10-12-6-7-13-10/h2-7H,1H3,(H,12,13)(H,14,15). The Bertz CT molecular complexity index is 462. The van der Waals surface area contributed by atoms with Gasteiger partial charge in [0.05, 0.1) is 7.11 Å². The highest BCUT2D eigenvalue weighted by molar-refractivity contribution is 6.01. The Hall–Kier alpha value is -2.30. The van der Waals surface area contributed by atoms with Crippen molar-refractivity contribution in [2.24, 2.45) is 0 Å². The molecule has 16 heavy (non-hydrogen) atoms. The van der Waals surface area contributed by atoms with Gasteiger partial charge in [0.25, 0.3) is 5.91 Å². The summed E-state index contributed by atoms with van der Waals surface area (Å²) >= 11 is 0. The molecule has 0 unspecified atom stereocenters. The fourth-order valence-electron chi connectivity index (χ4n) is 1.25. The van der Waals surface area contributed by atoms with Crippen molar-refractivity contribution in [2.45, 2.75) is 0 Å². The van der Waals surface area contributed by atoms with Gasteiger partial charge in [0.15, 0.2) is 5.82 Å². The summed E-state index contributed by atoms with van der Waals surface area (Å²) in [5.41, 5.74) is 0.696. The molecule has 0 radical (unpaired) electrons. The quantitative estimate of drug-likeness (QED) is 0.821. The van der Waals surface area contributed by atoms with E-state index < -0.39 is 0 Å². The average molecular weight is 217 g/mol. The van der Waals surface area contributed by atoms with Crippen molar-refractivity contribution in [1.82, 2.24) is 9.97 Å². The van der Waals surface area contributed by atoms with Crippen LogP contribution in [0.3, 0.4) is 0 Å². The molecule has 2 aromatic rings. The number of carbonyl (C=O) groups excluding carboxylic acids is 1. The van der Waals surface area contributed by atoms with Crippen molar-refractivity contribution >= 4 is 11.6 Å². The molecular formula is C11H11N3O2. The number of benzene rings is 1. The number of rotatable bonds is 3. The van der Waals surface area contributed by atoms with Gasteiger partial charge in [-0.05, 0) is 24.3 Å². The van der Waals surface area contributed by atoms with Crippen LogP contribution in [-0.2, 0) is 0 Å². The number of aromatic amines is 1. The highest BCUT2D eigenvalue weighted by Crippen LogP contribution is 2.15. The molecule has 1 aromatic heterocycles. The number of anilines is 1. The van der Waals surface area contributed by atoms with Gasteiger partial charge in [0.1, 0.15) is 5.75 Å². The van der Waals surface area contributed by atoms with E-state index in [1.807, 2.05) is 0 Å². The van der Waals surface area contributed by atoms with E-state index in [0.29, 0.717) is 5.69 Å². The number of nitrogens with zero attached hydrogens (tertiary/aromatic N) is 1. The molecular weight excluding hydrogens is 206 g/mol. The van der Waals surface area contributed by atoms with E-state index >= 15 is 0 Å². The number of nitrogens with one attached hydrogen (secondary N) is 2. The molecule has 0 bridgehead atoms. The Kier molecular flexibility index (Phi) is 2.86. The fraction of sp³-hybridized carbons (Fsp3) is 0.0909. The molecule has 0 saturated carbocycles. The van der Waals surface area contributed by atoms with Crippen molar-refractivity contribution < 1.29 is 9.53 Å². The van der Waals surface area contributed by atoms with Gasteiger partial charge in [-0.1, -0.05) is 0 Å². The molecule has 82 valence electrons. The number of ether oxygens (including phenoxy) is 1. The Morgan fingerprint density at radius 3 is 2.69 bits per heavy atom. The summed E-state index contributed by atoms with van der Waals surface area (Å²) in [4.78, 5) is 18.2. The summed E-state index contributed by atoms with van der Waals surface area (Å²) in [6.45, 7) is 0. The highest BCUT2D eigenvalue weighted by Gasteiger charge is 2.07. The largest absolute Gasteiger partial charge is 0.497 e. The number of amides is 1. The minimum Gasteiger partial charge on any atom is -0.497 e. The molecule has 0 aliphatic heterocycles. The topological polar surface area (TPSA) is 67.0 Å². The lowest BCUT2D eigenvalue weighted by Gasteiger charge is -2.04. The van der Waals surface area contributed by atoms with Crippen molar-refractivity contribution in [3.8, 4) is 5.75 Å². The second-order valence-electron chi connectivity index (χ2n) is 3.12. The van der Waals surface area contributed by atoms with Crippen LogP contribution >= 0.6 is 0 Å². The number of hydrogen-bond acceptors (Lipinski definition) is 3. The Morgan fingerprint density at radius 2 is 2.12 bits per heavy atom. The molecule has 0 fully saturated rings. The monoisotopic (exact) mass is 217 g/mol. The maximum Gasteiger partial charge on any atom is 0.291 e. The number of methoxy groups -OCH3 is 1. The molecule has 0 spiro atoms. The number of hydrogen-bond donors (Lipinski definition) is 2. The molecule has 5 nitrogen and oxygen atoms in total. The number of carbonyl (C=O) groups is 1. The van der Waals surface area contributed by atoms with E-state index in [1.165, 1.54) is 6.20 Å². The molecule has 5 heteroatoms. The van der Waals surface area contributed by atoms with Crippen LogP contribution in [0.2, 0.25) is 0 Å². The van der Waals surface area contributed by atoms with Crippen molar-refractivity contribution in [3.63, 3.8) is 0 Å². The van der Waals surface area contributed by atoms with Gasteiger partial charge in [-0.15, -0.1) is 0 Å². The first-order chi connectivity index (χ1) is 7.79. The summed E-state index contributed by atoms with van der Waals surface area (Å²) in [5, 5.41) is 2.71. The first-order valence-corrected chi connectivity index (χ1v) is 4.74. The molecule has 2 N–H and O–H groups in total. The zero-order chi connectivity index (χ0) is 11.4. The lowest BCUT2D eigenvalue weighted by atomic mass is 10.3. The molecule has 1 amide bonds. The zero-order valence-electron chi connectivity index (χ0n) is 8.73. The van der Waals surface area contributed by atoms with Gasteiger partial charge < -0.3 is 15.0 Å². The highest BCUT2D eigenvalue weighted by atomic mass is 16.5. The molecule has 2 rings (SSSR count). The van der Waals surface area contributed by atoms with Crippen molar-refractivity contribution in [2.75, 3.05) is 12.4 Å². The molecule has 0 aliphatic carbocycles. The van der Waals surface area contributed by atoms with Gasteiger partial charge in [0, 0.05) is 18.1 Å². The zero-order valence-corrected chi connectivity index (χ0v) is 8.73. The predicted octanol–water partition coefficient (Wildman–Crippen LogP) is 1.67. The SMILES string of the molecule is COc1ccc(NC(=O)c2ncc[nH]2)cc1. The Morgan fingerprint density at radius 1 is 1.38 bits per heavy atom. The first kappa shape index (κ1) is 10.2. The molecule has 0 atom stereocenters. The average Bonchev–Trinajstić information content (AvgIpc) is 2.83. The number of imidazole rings is 1. The van der Waals surface area contributed by atoms with Gasteiger partial charge in [0.2, 0.25) is 0 Å². The molecule has 1 aromatic carbocycles. The normalized spacial score (nSPS) is 9.81. The third kappa shape index (κ3) is 2.20. The smallest absolute Gasteiger partial charge is 0.291 e. The number of H-pyrrole nitrogens is 1. The maximum atomic E-state index is 11.6. The van der Waals surface area contributed by atoms with Gasteiger partial charge in [-0.2, -0.15) is 0 Å². The van der Waals surface area contributed by atoms with Gasteiger partial charge in [-0.3, -0.25) is 4.79 Å². The second-order valence-corrected chi connectivity index (χ2v) is 3.12. The molecule has 1 heterocycles. The minimum atomic E-state index is -0.268. The van der Waals surface area contributed by atoms with E-state index in [0.717, 1.165) is 5.75 Å². The third-order valence-corrected chi connectivity index (χ3v) is 2.06. The van der Waals surface area contributed by atoms with E-state index in [-0.39, 0.29) is 11.7 Å². The van der Waals surface area contributed by atoms with E-state index in [9.17, 15) is 4.79 Å². The van der Waals surface area contributed by atoms with Crippen LogP contribution in [0.5, 0.6) is 5.75 Å². The van der Waals surface area contributed by atoms with Gasteiger partial charge in [-0.25, -0.2) is 4.98 Å². The van der Waals surface area contributed by atoms with Crippen LogP contribution < -0.4 is 10.1 Å². The summed E-state index contributed by atoms with van der Waals surface area (Å²) in [6.07, 6.45) is 3.13. The van der Waals surface area contributed by atoms with Crippen LogP contribution in [-0.4, -0.2) is 23.0 Å². The summed E-state index contributed by atoms with van der Waals surface area (Å²) in [5.74, 6) is 0.766. The summed E-state index contributed by atoms with van der Waals surface area (Å²) < 4.78 is 5.02. The lowest BCUT2D eigenvalue weighted by Crippen LogP contribution is -2.13. The van der Waals surface area contributed by atoms with Crippen LogP contribution in [0.4, 0.5) is 5.69 Å². The number of aromatic nitrogens is 2. The fourth-order valence-corrected chi connectivity index (χ4v) is 1.25. The lowest BCUT2D eigenvalue weighted by molar-refractivity contribution is 0.101. The van der Waals surface area contributed by atoms with Crippen LogP contribution in [0.1, 0.15) is 10.6 Å². The second kappa shape index (κ2) is 4.48. The summed E-state index contributed by atoms with van der Waals surface area (Å²) in [7, 11) is 1.59. The van der Waals surface area contributed by atoms with Crippen molar-refractivity contribution in [3.05, 3.63) is 42.5 Å². The third-order valence-electron chi connectivity index (χ3n) is 2.06. The minimum absolute atomic E-state index is 0.268. The molecule has 0 aliphatic rings. The van der Waals surface area contributed by atoms with Crippen LogP contribution in [0.15, 0.2) is 36.7 Å². The Labute approximate surface area is 92.5 Å². The Balaban J connectivity index is 2.06. The summed E-state index contributed by atoms with van der Waals surface area (Å²) in [6, 6.07) is 7.08. The van der Waals surface area contributed by atoms with E-state index in [4.69, 9.17) is 4.74 Å². The van der Waals surface area contributed by atoms with Crippen LogP contribution in [0, 0.1) is 0 Å². The predicted molar refractivity (Wildman–Crippen MR) is 59.5 cm³/mol. The van der Waals surface area contributed by atoms with Crippen LogP contribution in [0.25, 0.3) is 0 Å². The molecule has 0 saturated heterocycles. The van der Waals surface area contributed by atoms with E-state index in [1.54, 1.807) is 37.6 Å². The van der Waals surface area contributed by atoms with E-state index in [2.05, 4.69) is 15.3 Å². The first-order valence-electron chi connectivity index (χ1n) is 4.74.